The van der Waals surface area contributed by atoms with E-state index in [1.165, 1.54) is 0 Å². The zero-order valence-electron chi connectivity index (χ0n) is 11.8. The molecule has 2 N–H and O–H groups in total. The monoisotopic (exact) mass is 269 g/mol. The van der Waals surface area contributed by atoms with Crippen molar-refractivity contribution in [2.75, 3.05) is 7.11 Å². The molecule has 0 heterocycles. The maximum atomic E-state index is 12.6. The summed E-state index contributed by atoms with van der Waals surface area (Å²) in [6.07, 6.45) is 0.882. The maximum absolute atomic E-state index is 12.6. The molecule has 0 aliphatic carbocycles. The zero-order valence-corrected chi connectivity index (χ0v) is 11.8. The van der Waals surface area contributed by atoms with Gasteiger partial charge in [-0.25, -0.2) is 0 Å². The van der Waals surface area contributed by atoms with Gasteiger partial charge in [0.2, 0.25) is 0 Å². The molecule has 20 heavy (non-hydrogen) atoms. The average Bonchev–Trinajstić information content (AvgIpc) is 2.53. The van der Waals surface area contributed by atoms with Gasteiger partial charge in [0.1, 0.15) is 5.75 Å². The molecule has 0 atom stereocenters. The number of aryl methyl sites for hydroxylation is 1. The fraction of sp³-hybridized carbons (Fsp3) is 0.235. The van der Waals surface area contributed by atoms with Crippen LogP contribution in [-0.4, -0.2) is 12.9 Å². The Morgan fingerprint density at radius 3 is 2.60 bits per heavy atom. The van der Waals surface area contributed by atoms with Crippen LogP contribution >= 0.6 is 0 Å². The number of ether oxygens (including phenoxy) is 1. The lowest BCUT2D eigenvalue weighted by Gasteiger charge is -2.10. The molecular formula is C17H19NO2. The Morgan fingerprint density at radius 2 is 1.95 bits per heavy atom. The molecule has 0 aliphatic heterocycles. The molecule has 0 radical (unpaired) electrons. The van der Waals surface area contributed by atoms with Gasteiger partial charge in [0.05, 0.1) is 12.7 Å². The fourth-order valence-electron chi connectivity index (χ4n) is 2.15. The Hall–Kier alpha value is -2.13. The van der Waals surface area contributed by atoms with Gasteiger partial charge < -0.3 is 10.5 Å². The van der Waals surface area contributed by atoms with Gasteiger partial charge in [-0.05, 0) is 35.7 Å². The predicted molar refractivity (Wildman–Crippen MR) is 80.1 cm³/mol. The number of nitrogens with two attached hydrogens (primary N) is 1. The van der Waals surface area contributed by atoms with E-state index in [9.17, 15) is 4.79 Å². The molecule has 104 valence electrons. The van der Waals surface area contributed by atoms with Crippen molar-refractivity contribution in [3.05, 3.63) is 64.7 Å². The second kappa shape index (κ2) is 6.35. The second-order valence-corrected chi connectivity index (χ2v) is 4.62. The molecular weight excluding hydrogens is 250 g/mol. The molecule has 0 spiro atoms. The highest BCUT2D eigenvalue weighted by Crippen LogP contribution is 2.23. The normalized spacial score (nSPS) is 10.3. The lowest BCUT2D eigenvalue weighted by Crippen LogP contribution is -2.06. The predicted octanol–water partition coefficient (Wildman–Crippen LogP) is 2.95. The number of ketones is 1. The van der Waals surface area contributed by atoms with Crippen molar-refractivity contribution in [2.45, 2.75) is 19.9 Å². The Balaban J connectivity index is 2.46. The molecule has 0 bridgehead atoms. The molecule has 0 aliphatic rings. The number of methoxy groups -OCH3 is 1. The summed E-state index contributed by atoms with van der Waals surface area (Å²) in [5, 5.41) is 0. The van der Waals surface area contributed by atoms with E-state index in [4.69, 9.17) is 10.5 Å². The molecule has 3 heteroatoms. The third-order valence-electron chi connectivity index (χ3n) is 3.34. The molecule has 3 nitrogen and oxygen atoms in total. The Labute approximate surface area is 119 Å². The fourth-order valence-corrected chi connectivity index (χ4v) is 2.15. The first-order valence-electron chi connectivity index (χ1n) is 6.70. The first kappa shape index (κ1) is 14.3. The number of rotatable bonds is 5. The van der Waals surface area contributed by atoms with E-state index in [1.54, 1.807) is 13.2 Å². The summed E-state index contributed by atoms with van der Waals surface area (Å²) in [5.74, 6) is 0.567. The number of carbonyl (C=O) groups excluding carboxylic acids is 1. The van der Waals surface area contributed by atoms with Crippen LogP contribution in [-0.2, 0) is 13.0 Å². The van der Waals surface area contributed by atoms with Crippen LogP contribution in [0.4, 0.5) is 0 Å². The highest BCUT2D eigenvalue weighted by atomic mass is 16.5. The summed E-state index contributed by atoms with van der Waals surface area (Å²) in [6, 6.07) is 13.1. The van der Waals surface area contributed by atoms with Gasteiger partial charge in [-0.15, -0.1) is 0 Å². The third kappa shape index (κ3) is 2.89. The smallest absolute Gasteiger partial charge is 0.196 e. The van der Waals surface area contributed by atoms with Gasteiger partial charge in [-0.2, -0.15) is 0 Å². The van der Waals surface area contributed by atoms with Crippen LogP contribution < -0.4 is 10.5 Å². The third-order valence-corrected chi connectivity index (χ3v) is 3.34. The molecule has 0 unspecified atom stereocenters. The van der Waals surface area contributed by atoms with E-state index in [2.05, 4.69) is 6.92 Å². The summed E-state index contributed by atoms with van der Waals surface area (Å²) in [5.41, 5.74) is 8.92. The average molecular weight is 269 g/mol. The first-order chi connectivity index (χ1) is 9.69. The number of hydrogen-bond acceptors (Lipinski definition) is 3. The lowest BCUT2D eigenvalue weighted by molar-refractivity contribution is 0.103. The molecule has 0 fully saturated rings. The minimum atomic E-state index is -0.0348. The largest absolute Gasteiger partial charge is 0.496 e. The van der Waals surface area contributed by atoms with E-state index in [0.717, 1.165) is 17.5 Å². The molecule has 2 aromatic rings. The van der Waals surface area contributed by atoms with Crippen LogP contribution in [0.25, 0.3) is 0 Å². The van der Waals surface area contributed by atoms with Gasteiger partial charge >= 0.3 is 0 Å². The molecule has 2 aromatic carbocycles. The minimum absolute atomic E-state index is 0.0348. The van der Waals surface area contributed by atoms with Gasteiger partial charge in [0.15, 0.2) is 5.78 Å². The topological polar surface area (TPSA) is 52.3 Å². The molecule has 0 aromatic heterocycles. The van der Waals surface area contributed by atoms with Crippen molar-refractivity contribution in [1.29, 1.82) is 0 Å². The molecule has 0 saturated carbocycles. The van der Waals surface area contributed by atoms with Crippen molar-refractivity contribution in [3.63, 3.8) is 0 Å². The van der Waals surface area contributed by atoms with E-state index < -0.39 is 0 Å². The summed E-state index contributed by atoms with van der Waals surface area (Å²) in [4.78, 5) is 12.6. The van der Waals surface area contributed by atoms with Crippen LogP contribution in [0.3, 0.4) is 0 Å². The second-order valence-electron chi connectivity index (χ2n) is 4.62. The zero-order chi connectivity index (χ0) is 14.5. The Morgan fingerprint density at radius 1 is 1.15 bits per heavy atom. The highest BCUT2D eigenvalue weighted by molar-refractivity contribution is 6.10. The van der Waals surface area contributed by atoms with Crippen LogP contribution in [0.15, 0.2) is 42.5 Å². The van der Waals surface area contributed by atoms with E-state index in [1.807, 2.05) is 36.4 Å². The number of hydrogen-bond donors (Lipinski definition) is 1. The van der Waals surface area contributed by atoms with Crippen molar-refractivity contribution in [3.8, 4) is 5.75 Å². The maximum Gasteiger partial charge on any atom is 0.196 e. The molecule has 2 rings (SSSR count). The summed E-state index contributed by atoms with van der Waals surface area (Å²) < 4.78 is 5.30. The molecule has 0 amide bonds. The van der Waals surface area contributed by atoms with Crippen molar-refractivity contribution in [2.24, 2.45) is 5.73 Å². The van der Waals surface area contributed by atoms with Gasteiger partial charge in [0, 0.05) is 12.1 Å². The quantitative estimate of drug-likeness (QED) is 0.849. The van der Waals surface area contributed by atoms with Crippen LogP contribution in [0, 0.1) is 0 Å². The summed E-state index contributed by atoms with van der Waals surface area (Å²) in [7, 11) is 1.58. The van der Waals surface area contributed by atoms with Gasteiger partial charge in [-0.3, -0.25) is 4.79 Å². The van der Waals surface area contributed by atoms with Crippen LogP contribution in [0.2, 0.25) is 0 Å². The summed E-state index contributed by atoms with van der Waals surface area (Å²) >= 11 is 0. The van der Waals surface area contributed by atoms with E-state index >= 15 is 0 Å². The number of benzene rings is 2. The molecule has 0 saturated heterocycles. The van der Waals surface area contributed by atoms with E-state index in [0.29, 0.717) is 23.4 Å². The minimum Gasteiger partial charge on any atom is -0.496 e. The Bertz CT molecular complexity index is 620. The Kier molecular flexibility index (Phi) is 4.53. The van der Waals surface area contributed by atoms with Gasteiger partial charge in [-0.1, -0.05) is 31.2 Å². The van der Waals surface area contributed by atoms with E-state index in [-0.39, 0.29) is 5.78 Å². The van der Waals surface area contributed by atoms with Crippen molar-refractivity contribution < 1.29 is 9.53 Å². The van der Waals surface area contributed by atoms with Crippen molar-refractivity contribution in [1.82, 2.24) is 0 Å². The standard InChI is InChI=1S/C17H19NO2/c1-3-12-7-8-16(20-2)15(10-12)17(19)14-6-4-5-13(9-14)11-18/h4-10H,3,11,18H2,1-2H3. The lowest BCUT2D eigenvalue weighted by atomic mass is 9.98. The summed E-state index contributed by atoms with van der Waals surface area (Å²) in [6.45, 7) is 2.48. The number of carbonyl (C=O) groups is 1. The van der Waals surface area contributed by atoms with Crippen molar-refractivity contribution >= 4 is 5.78 Å². The highest BCUT2D eigenvalue weighted by Gasteiger charge is 2.15. The first-order valence-corrected chi connectivity index (χ1v) is 6.70. The SMILES string of the molecule is CCc1ccc(OC)c(C(=O)c2cccc(CN)c2)c1. The van der Waals surface area contributed by atoms with Crippen LogP contribution in [0.1, 0.15) is 34.0 Å². The van der Waals surface area contributed by atoms with Crippen LogP contribution in [0.5, 0.6) is 5.75 Å². The van der Waals surface area contributed by atoms with Gasteiger partial charge in [0.25, 0.3) is 0 Å².